The normalized spacial score (nSPS) is 21.4. The Bertz CT molecular complexity index is 1290. The summed E-state index contributed by atoms with van der Waals surface area (Å²) in [6.07, 6.45) is 1.51. The molecular formula is C22H24ClF2N5O4S. The van der Waals surface area contributed by atoms with Gasteiger partial charge in [0, 0.05) is 26.6 Å². The number of hydrogen-bond donors (Lipinski definition) is 0. The van der Waals surface area contributed by atoms with Crippen LogP contribution in [0, 0.1) is 11.3 Å². The average Bonchev–Trinajstić information content (AvgIpc) is 2.85. The summed E-state index contributed by atoms with van der Waals surface area (Å²) in [6.45, 7) is 0.0810. The molecule has 0 radical (unpaired) electrons. The number of likely N-dealkylation sites (N-methyl/N-ethyl adjacent to an activating group) is 1. The molecule has 35 heavy (non-hydrogen) atoms. The number of sulfonamides is 1. The van der Waals surface area contributed by atoms with Crippen LogP contribution in [0.5, 0.6) is 0 Å². The quantitative estimate of drug-likeness (QED) is 0.588. The molecule has 3 heterocycles. The van der Waals surface area contributed by atoms with Gasteiger partial charge in [-0.15, -0.1) is 0 Å². The van der Waals surface area contributed by atoms with Crippen LogP contribution in [-0.2, 0) is 14.8 Å². The van der Waals surface area contributed by atoms with E-state index in [0.717, 1.165) is 0 Å². The predicted molar refractivity (Wildman–Crippen MR) is 124 cm³/mol. The number of hydrogen-bond acceptors (Lipinski definition) is 7. The topological polar surface area (TPSA) is 109 Å². The van der Waals surface area contributed by atoms with Crippen molar-refractivity contribution in [1.29, 1.82) is 5.26 Å². The van der Waals surface area contributed by atoms with Crippen LogP contribution in [0.15, 0.2) is 40.2 Å². The molecule has 0 spiro atoms. The van der Waals surface area contributed by atoms with Crippen molar-refractivity contribution in [3.8, 4) is 6.07 Å². The summed E-state index contributed by atoms with van der Waals surface area (Å²) in [5.74, 6) is -3.00. The van der Waals surface area contributed by atoms with E-state index in [1.165, 1.54) is 51.4 Å². The number of halogens is 3. The molecule has 9 nitrogen and oxygen atoms in total. The van der Waals surface area contributed by atoms with E-state index in [1.54, 1.807) is 0 Å². The summed E-state index contributed by atoms with van der Waals surface area (Å²) >= 11 is 6.30. The van der Waals surface area contributed by atoms with Gasteiger partial charge in [0.05, 0.1) is 47.7 Å². The van der Waals surface area contributed by atoms with E-state index >= 15 is 0 Å². The fraction of sp³-hybridized carbons (Fsp3) is 0.500. The zero-order valence-corrected chi connectivity index (χ0v) is 20.5. The van der Waals surface area contributed by atoms with E-state index in [0.29, 0.717) is 18.4 Å². The predicted octanol–water partition coefficient (Wildman–Crippen LogP) is 2.65. The van der Waals surface area contributed by atoms with Crippen molar-refractivity contribution in [2.24, 2.45) is 0 Å². The van der Waals surface area contributed by atoms with Crippen LogP contribution in [0.3, 0.4) is 0 Å². The average molecular weight is 528 g/mol. The fourth-order valence-corrected chi connectivity index (χ4v) is 6.11. The number of nitriles is 1. The van der Waals surface area contributed by atoms with Gasteiger partial charge in [-0.3, -0.25) is 4.79 Å². The summed E-state index contributed by atoms with van der Waals surface area (Å²) in [5, 5.41) is 12.9. The number of nitrogens with zero attached hydrogens (tertiary/aromatic N) is 5. The van der Waals surface area contributed by atoms with Gasteiger partial charge >= 0.3 is 0 Å². The van der Waals surface area contributed by atoms with Crippen LogP contribution in [0.2, 0.25) is 5.02 Å². The Morgan fingerprint density at radius 3 is 2.51 bits per heavy atom. The Balaban J connectivity index is 1.49. The summed E-state index contributed by atoms with van der Waals surface area (Å²) in [6, 6.07) is 5.94. The van der Waals surface area contributed by atoms with E-state index in [9.17, 15) is 22.0 Å². The molecule has 188 valence electrons. The van der Waals surface area contributed by atoms with Crippen LogP contribution in [0.1, 0.15) is 30.9 Å². The van der Waals surface area contributed by atoms with Crippen molar-refractivity contribution in [1.82, 2.24) is 14.1 Å². The molecule has 2 fully saturated rings. The maximum atomic E-state index is 14.4. The van der Waals surface area contributed by atoms with E-state index in [-0.39, 0.29) is 41.9 Å². The third-order valence-electron chi connectivity index (χ3n) is 6.51. The van der Waals surface area contributed by atoms with Crippen LogP contribution >= 0.6 is 11.6 Å². The molecule has 2 aliphatic rings. The molecule has 2 aromatic rings. The molecule has 0 bridgehead atoms. The lowest BCUT2D eigenvalue weighted by Crippen LogP contribution is -2.53. The van der Waals surface area contributed by atoms with Crippen molar-refractivity contribution >= 4 is 27.3 Å². The zero-order valence-electron chi connectivity index (χ0n) is 18.9. The SMILES string of the molecule is CN(c1cnn(C2CCN(S(=O)(=O)c3ccc(C#N)cc3)CC2)c(=O)c1Cl)C1COCCC1(F)F. The molecule has 0 aliphatic carbocycles. The second-order valence-electron chi connectivity index (χ2n) is 8.58. The number of aromatic nitrogens is 2. The van der Waals surface area contributed by atoms with Gasteiger partial charge in [0.1, 0.15) is 11.1 Å². The van der Waals surface area contributed by atoms with Gasteiger partial charge in [0.15, 0.2) is 0 Å². The van der Waals surface area contributed by atoms with Crippen LogP contribution in [0.25, 0.3) is 0 Å². The summed E-state index contributed by atoms with van der Waals surface area (Å²) < 4.78 is 62.3. The van der Waals surface area contributed by atoms with Crippen molar-refractivity contribution in [3.63, 3.8) is 0 Å². The van der Waals surface area contributed by atoms with E-state index < -0.39 is 40.0 Å². The lowest BCUT2D eigenvalue weighted by molar-refractivity contribution is -0.109. The molecule has 4 rings (SSSR count). The second kappa shape index (κ2) is 9.81. The first-order valence-electron chi connectivity index (χ1n) is 11.0. The molecule has 13 heteroatoms. The molecule has 1 aromatic carbocycles. The van der Waals surface area contributed by atoms with Gasteiger partial charge in [-0.25, -0.2) is 21.9 Å². The zero-order chi connectivity index (χ0) is 25.4. The highest BCUT2D eigenvalue weighted by molar-refractivity contribution is 7.89. The summed E-state index contributed by atoms with van der Waals surface area (Å²) in [5.41, 5.74) is -0.174. The molecule has 1 unspecified atom stereocenters. The van der Waals surface area contributed by atoms with Crippen LogP contribution in [0.4, 0.5) is 14.5 Å². The van der Waals surface area contributed by atoms with Gasteiger partial charge in [-0.1, -0.05) is 11.6 Å². The number of rotatable bonds is 5. The van der Waals surface area contributed by atoms with Crippen LogP contribution < -0.4 is 10.5 Å². The lowest BCUT2D eigenvalue weighted by Gasteiger charge is -2.38. The van der Waals surface area contributed by atoms with Gasteiger partial charge in [0.25, 0.3) is 11.5 Å². The van der Waals surface area contributed by atoms with Gasteiger partial charge in [0.2, 0.25) is 10.0 Å². The minimum atomic E-state index is -3.75. The molecule has 0 N–H and O–H groups in total. The minimum Gasteiger partial charge on any atom is -0.379 e. The lowest BCUT2D eigenvalue weighted by atomic mass is 10.0. The van der Waals surface area contributed by atoms with Crippen molar-refractivity contribution in [2.75, 3.05) is 38.3 Å². The third-order valence-corrected chi connectivity index (χ3v) is 8.77. The molecule has 2 saturated heterocycles. The third kappa shape index (κ3) is 4.91. The largest absolute Gasteiger partial charge is 0.379 e. The highest BCUT2D eigenvalue weighted by atomic mass is 35.5. The second-order valence-corrected chi connectivity index (χ2v) is 10.9. The Morgan fingerprint density at radius 1 is 1.26 bits per heavy atom. The number of ether oxygens (including phenoxy) is 1. The Morgan fingerprint density at radius 2 is 1.91 bits per heavy atom. The van der Waals surface area contributed by atoms with Crippen molar-refractivity contribution in [3.05, 3.63) is 51.4 Å². The maximum Gasteiger partial charge on any atom is 0.287 e. The Kier molecular flexibility index (Phi) is 7.15. The molecule has 1 atom stereocenters. The number of benzene rings is 1. The van der Waals surface area contributed by atoms with Gasteiger partial charge in [-0.2, -0.15) is 14.7 Å². The molecular weight excluding hydrogens is 504 g/mol. The van der Waals surface area contributed by atoms with E-state index in [1.807, 2.05) is 6.07 Å². The monoisotopic (exact) mass is 527 g/mol. The first-order chi connectivity index (χ1) is 16.6. The highest BCUT2D eigenvalue weighted by Crippen LogP contribution is 2.34. The minimum absolute atomic E-state index is 0.0372. The summed E-state index contributed by atoms with van der Waals surface area (Å²) in [7, 11) is -2.33. The van der Waals surface area contributed by atoms with E-state index in [4.69, 9.17) is 21.6 Å². The smallest absolute Gasteiger partial charge is 0.287 e. The Labute approximate surface area is 206 Å². The van der Waals surface area contributed by atoms with Crippen molar-refractivity contribution < 1.29 is 21.9 Å². The number of anilines is 1. The molecule has 0 saturated carbocycles. The highest BCUT2D eigenvalue weighted by Gasteiger charge is 2.45. The molecule has 0 amide bonds. The van der Waals surface area contributed by atoms with E-state index in [2.05, 4.69) is 5.10 Å². The Hall–Kier alpha value is -2.59. The van der Waals surface area contributed by atoms with Gasteiger partial charge in [-0.05, 0) is 37.1 Å². The van der Waals surface area contributed by atoms with Crippen LogP contribution in [-0.4, -0.2) is 67.8 Å². The fourth-order valence-electron chi connectivity index (χ4n) is 4.37. The number of piperidine rings is 1. The maximum absolute atomic E-state index is 14.4. The number of alkyl halides is 2. The standard InChI is InChI=1S/C22H24ClF2N5O4S/c1-28(19-14-34-11-8-22(19,24)25)18-13-27-30(21(31)20(18)23)16-6-9-29(10-7-16)35(32,33)17-4-2-15(12-26)3-5-17/h2-5,13,16,19H,6-11,14H2,1H3. The molecule has 1 aromatic heterocycles. The van der Waals surface area contributed by atoms with Crippen molar-refractivity contribution in [2.45, 2.75) is 42.2 Å². The van der Waals surface area contributed by atoms with Gasteiger partial charge < -0.3 is 9.64 Å². The molecule has 2 aliphatic heterocycles. The summed E-state index contributed by atoms with van der Waals surface area (Å²) in [4.78, 5) is 14.3. The first-order valence-corrected chi connectivity index (χ1v) is 12.8. The first kappa shape index (κ1) is 25.5.